The summed E-state index contributed by atoms with van der Waals surface area (Å²) in [6.45, 7) is 3.85. The van der Waals surface area contributed by atoms with Gasteiger partial charge in [-0.25, -0.2) is 4.79 Å². The van der Waals surface area contributed by atoms with Gasteiger partial charge in [0.05, 0.1) is 6.61 Å². The van der Waals surface area contributed by atoms with Crippen LogP contribution < -0.4 is 10.6 Å². The van der Waals surface area contributed by atoms with Crippen LogP contribution in [0.4, 0.5) is 4.79 Å². The maximum atomic E-state index is 13.9. The van der Waals surface area contributed by atoms with E-state index < -0.39 is 55.7 Å². The lowest BCUT2D eigenvalue weighted by molar-refractivity contribution is -0.231. The Morgan fingerprint density at radius 2 is 1.14 bits per heavy atom. The second-order valence-electron chi connectivity index (χ2n) is 16.2. The van der Waals surface area contributed by atoms with Gasteiger partial charge in [0, 0.05) is 13.0 Å². The van der Waals surface area contributed by atoms with Crippen LogP contribution in [-0.2, 0) is 25.7 Å². The van der Waals surface area contributed by atoms with Crippen molar-refractivity contribution in [2.75, 3.05) is 19.7 Å². The van der Waals surface area contributed by atoms with Crippen LogP contribution >= 0.6 is 0 Å². The minimum atomic E-state index is -1.52. The third-order valence-corrected chi connectivity index (χ3v) is 11.2. The average molecular weight is 804 g/mol. The molecule has 2 rings (SSSR count). The first-order chi connectivity index (χ1) is 27.8. The number of unbranched alkanes of at least 4 members (excludes halogenated alkanes) is 23. The third kappa shape index (κ3) is 22.9. The number of hydrogen-bond donors (Lipinski definition) is 5. The fourth-order valence-electron chi connectivity index (χ4n) is 7.64. The Kier molecular flexibility index (Phi) is 29.3. The van der Waals surface area contributed by atoms with Gasteiger partial charge in [-0.05, 0) is 18.4 Å². The molecular weight excluding hydrogens is 723 g/mol. The Balaban J connectivity index is 1.92. The molecule has 0 saturated carbocycles. The summed E-state index contributed by atoms with van der Waals surface area (Å²) in [6, 6.07) is 7.97. The number of aliphatic hydroxyl groups is 3. The first kappa shape index (κ1) is 50.4. The summed E-state index contributed by atoms with van der Waals surface area (Å²) in [7, 11) is 0. The predicted molar refractivity (Wildman–Crippen MR) is 227 cm³/mol. The topological polar surface area (TPSA) is 158 Å². The van der Waals surface area contributed by atoms with E-state index >= 15 is 0 Å². The van der Waals surface area contributed by atoms with Crippen molar-refractivity contribution in [2.24, 2.45) is 0 Å². The molecule has 328 valence electrons. The van der Waals surface area contributed by atoms with E-state index in [2.05, 4.69) is 24.5 Å². The molecule has 11 nitrogen and oxygen atoms in total. The zero-order valence-corrected chi connectivity index (χ0v) is 35.8. The minimum absolute atomic E-state index is 0.0374. The van der Waals surface area contributed by atoms with E-state index in [1.807, 2.05) is 30.3 Å². The van der Waals surface area contributed by atoms with Crippen molar-refractivity contribution in [1.82, 2.24) is 15.5 Å². The molecule has 3 amide bonds. The van der Waals surface area contributed by atoms with Crippen molar-refractivity contribution >= 4 is 17.9 Å². The lowest BCUT2D eigenvalue weighted by Gasteiger charge is -2.47. The number of carbonyl (C=O) groups is 3. The summed E-state index contributed by atoms with van der Waals surface area (Å²) in [4.78, 5) is 40.9. The highest BCUT2D eigenvalue weighted by Crippen LogP contribution is 2.26. The fourth-order valence-corrected chi connectivity index (χ4v) is 7.64. The first-order valence-electron chi connectivity index (χ1n) is 23.0. The van der Waals surface area contributed by atoms with Gasteiger partial charge in [0.1, 0.15) is 37.5 Å². The molecule has 5 atom stereocenters. The van der Waals surface area contributed by atoms with Gasteiger partial charge in [-0.2, -0.15) is 0 Å². The summed E-state index contributed by atoms with van der Waals surface area (Å²) < 4.78 is 11.3. The second kappa shape index (κ2) is 33.1. The maximum Gasteiger partial charge on any atom is 0.407 e. The summed E-state index contributed by atoms with van der Waals surface area (Å²) in [5, 5.41) is 37.2. The van der Waals surface area contributed by atoms with Gasteiger partial charge in [0.2, 0.25) is 11.8 Å². The molecule has 57 heavy (non-hydrogen) atoms. The molecule has 0 spiro atoms. The molecule has 0 radical (unpaired) electrons. The molecule has 0 aromatic heterocycles. The van der Waals surface area contributed by atoms with Gasteiger partial charge in [-0.15, -0.1) is 0 Å². The number of nitrogens with one attached hydrogen (secondary N) is 2. The number of aliphatic hydroxyl groups excluding tert-OH is 3. The summed E-state index contributed by atoms with van der Waals surface area (Å²) in [6.07, 6.45) is 24.1. The number of nitrogens with zero attached hydrogens (tertiary/aromatic N) is 1. The molecule has 1 aliphatic rings. The molecular formula is C46H81N3O8. The van der Waals surface area contributed by atoms with Crippen LogP contribution in [0.25, 0.3) is 0 Å². The normalized spacial score (nSPS) is 19.3. The summed E-state index contributed by atoms with van der Waals surface area (Å²) in [5.74, 6) is -0.793. The van der Waals surface area contributed by atoms with Crippen LogP contribution in [0.3, 0.4) is 0 Å². The van der Waals surface area contributed by atoms with Crippen molar-refractivity contribution in [2.45, 2.75) is 218 Å². The van der Waals surface area contributed by atoms with Crippen LogP contribution in [0.15, 0.2) is 30.3 Å². The van der Waals surface area contributed by atoms with E-state index in [1.165, 1.54) is 109 Å². The van der Waals surface area contributed by atoms with Crippen LogP contribution in [0.1, 0.15) is 186 Å². The lowest BCUT2D eigenvalue weighted by atomic mass is 9.94. The third-order valence-electron chi connectivity index (χ3n) is 11.2. The minimum Gasteiger partial charge on any atom is -0.445 e. The van der Waals surface area contributed by atoms with E-state index in [-0.39, 0.29) is 12.5 Å². The number of rotatable bonds is 34. The van der Waals surface area contributed by atoms with Gasteiger partial charge in [-0.3, -0.25) is 9.59 Å². The van der Waals surface area contributed by atoms with E-state index in [0.717, 1.165) is 56.9 Å². The number of amides is 3. The molecule has 1 heterocycles. The van der Waals surface area contributed by atoms with E-state index in [1.54, 1.807) is 4.90 Å². The van der Waals surface area contributed by atoms with Gasteiger partial charge >= 0.3 is 6.09 Å². The summed E-state index contributed by atoms with van der Waals surface area (Å²) in [5.41, 5.74) is 0.798. The summed E-state index contributed by atoms with van der Waals surface area (Å²) >= 11 is 0. The zero-order chi connectivity index (χ0) is 41.4. The SMILES string of the molecule is CCCCCCCCCCCCCCCCCCN(C(=O)CCCCCCCCCCC)[C@@H]1O[C@H](CO)[C@H](O)[C@H](O)[C@H]1NC(=O)CNC(=O)OCc1ccccc1. The maximum absolute atomic E-state index is 13.9. The molecule has 1 aromatic rings. The Morgan fingerprint density at radius 1 is 0.667 bits per heavy atom. The molecule has 1 fully saturated rings. The van der Waals surface area contributed by atoms with E-state index in [0.29, 0.717) is 13.0 Å². The van der Waals surface area contributed by atoms with Crippen LogP contribution in [0.5, 0.6) is 0 Å². The zero-order valence-electron chi connectivity index (χ0n) is 35.8. The number of alkyl carbamates (subject to hydrolysis) is 1. The van der Waals surface area contributed by atoms with Gasteiger partial charge < -0.3 is 40.3 Å². The van der Waals surface area contributed by atoms with Crippen molar-refractivity contribution in [3.8, 4) is 0 Å². The monoisotopic (exact) mass is 804 g/mol. The Hall–Kier alpha value is -2.73. The van der Waals surface area contributed by atoms with Crippen molar-refractivity contribution in [1.29, 1.82) is 0 Å². The lowest BCUT2D eigenvalue weighted by Crippen LogP contribution is -2.69. The van der Waals surface area contributed by atoms with Crippen LogP contribution in [0, 0.1) is 0 Å². The molecule has 0 aliphatic carbocycles. The average Bonchev–Trinajstić information content (AvgIpc) is 3.22. The van der Waals surface area contributed by atoms with Crippen LogP contribution in [0.2, 0.25) is 0 Å². The molecule has 1 aliphatic heterocycles. The van der Waals surface area contributed by atoms with Crippen LogP contribution in [-0.4, -0.2) is 88.4 Å². The fraction of sp³-hybridized carbons (Fsp3) is 0.804. The smallest absolute Gasteiger partial charge is 0.407 e. The Morgan fingerprint density at radius 3 is 1.63 bits per heavy atom. The Bertz CT molecular complexity index is 1160. The van der Waals surface area contributed by atoms with Crippen molar-refractivity contribution in [3.63, 3.8) is 0 Å². The highest BCUT2D eigenvalue weighted by Gasteiger charge is 2.48. The molecule has 5 N–H and O–H groups in total. The second-order valence-corrected chi connectivity index (χ2v) is 16.2. The van der Waals surface area contributed by atoms with Crippen molar-refractivity contribution in [3.05, 3.63) is 35.9 Å². The Labute approximate surface area is 345 Å². The van der Waals surface area contributed by atoms with Crippen molar-refractivity contribution < 1.29 is 39.2 Å². The molecule has 1 aromatic carbocycles. The van der Waals surface area contributed by atoms with Gasteiger partial charge in [0.15, 0.2) is 6.23 Å². The molecule has 11 heteroatoms. The predicted octanol–water partition coefficient (Wildman–Crippen LogP) is 8.85. The molecule has 0 unspecified atom stereocenters. The molecule has 0 bridgehead atoms. The van der Waals surface area contributed by atoms with Gasteiger partial charge in [-0.1, -0.05) is 192 Å². The quantitative estimate of drug-likeness (QED) is 0.0433. The number of carbonyl (C=O) groups excluding carboxylic acids is 3. The highest BCUT2D eigenvalue weighted by molar-refractivity contribution is 5.82. The first-order valence-corrected chi connectivity index (χ1v) is 23.0. The van der Waals surface area contributed by atoms with Gasteiger partial charge in [0.25, 0.3) is 0 Å². The standard InChI is InChI=1S/C46H81N3O8/c1-3-5-7-9-11-13-14-15-16-17-18-19-21-23-25-30-34-49(41(52)33-29-24-22-20-12-10-8-6-4-2)45-42(44(54)43(53)39(36-50)57-45)48-40(51)35-47-46(55)56-37-38-31-27-26-28-32-38/h26-28,31-32,39,42-45,50,53-54H,3-25,29-30,33-37H2,1-2H3,(H,47,55)(H,48,51)/t39-,42-,43+,44-,45-/m1/s1. The number of benzene rings is 1. The van der Waals surface area contributed by atoms with E-state index in [9.17, 15) is 29.7 Å². The largest absolute Gasteiger partial charge is 0.445 e. The molecule has 1 saturated heterocycles. The number of hydrogen-bond acceptors (Lipinski definition) is 8. The highest BCUT2D eigenvalue weighted by atomic mass is 16.6. The number of ether oxygens (including phenoxy) is 2. The van der Waals surface area contributed by atoms with E-state index in [4.69, 9.17) is 9.47 Å².